The van der Waals surface area contributed by atoms with Crippen LogP contribution >= 0.6 is 0 Å². The first-order valence-electron chi connectivity index (χ1n) is 8.27. The van der Waals surface area contributed by atoms with Crippen molar-refractivity contribution in [2.24, 2.45) is 17.1 Å². The number of amides is 1. The fourth-order valence-electron chi connectivity index (χ4n) is 3.60. The summed E-state index contributed by atoms with van der Waals surface area (Å²) in [6.45, 7) is 5.09. The summed E-state index contributed by atoms with van der Waals surface area (Å²) in [5.74, 6) is -0.959. The van der Waals surface area contributed by atoms with Crippen molar-refractivity contribution >= 4 is 11.9 Å². The quantitative estimate of drug-likeness (QED) is 0.787. The van der Waals surface area contributed by atoms with Crippen LogP contribution in [0.1, 0.15) is 38.2 Å². The molecule has 2 rings (SSSR count). The number of nitrogens with two attached hydrogens (primary N) is 1. The molecule has 0 unspecified atom stereocenters. The first-order chi connectivity index (χ1) is 11.0. The number of benzene rings is 1. The Labute approximate surface area is 137 Å². The molecule has 5 heteroatoms. The molecule has 0 radical (unpaired) electrons. The van der Waals surface area contributed by atoms with E-state index in [1.54, 1.807) is 18.7 Å². The minimum absolute atomic E-state index is 0.168. The normalized spacial score (nSPS) is 21.4. The minimum Gasteiger partial charge on any atom is -0.480 e. The highest BCUT2D eigenvalue weighted by Crippen LogP contribution is 2.37. The van der Waals surface area contributed by atoms with Crippen LogP contribution in [0.15, 0.2) is 30.3 Å². The topological polar surface area (TPSA) is 83.6 Å². The van der Waals surface area contributed by atoms with Gasteiger partial charge in [-0.25, -0.2) is 0 Å². The number of carbonyl (C=O) groups excluding carboxylic acids is 1. The summed E-state index contributed by atoms with van der Waals surface area (Å²) >= 11 is 0. The van der Waals surface area contributed by atoms with Crippen LogP contribution in [0, 0.1) is 11.3 Å². The average molecular weight is 318 g/mol. The predicted molar refractivity (Wildman–Crippen MR) is 89.0 cm³/mol. The van der Waals surface area contributed by atoms with Crippen molar-refractivity contribution in [3.8, 4) is 0 Å². The second-order valence-electron chi connectivity index (χ2n) is 6.32. The fourth-order valence-corrected chi connectivity index (χ4v) is 3.60. The molecule has 1 aromatic rings. The van der Waals surface area contributed by atoms with Crippen LogP contribution in [-0.4, -0.2) is 41.5 Å². The molecule has 1 heterocycles. The van der Waals surface area contributed by atoms with Gasteiger partial charge in [0, 0.05) is 19.0 Å². The Kier molecular flexibility index (Phi) is 5.42. The van der Waals surface area contributed by atoms with Gasteiger partial charge in [0.1, 0.15) is 5.41 Å². The first-order valence-corrected chi connectivity index (χ1v) is 8.27. The smallest absolute Gasteiger partial charge is 0.319 e. The monoisotopic (exact) mass is 318 g/mol. The largest absolute Gasteiger partial charge is 0.480 e. The zero-order valence-corrected chi connectivity index (χ0v) is 13.9. The second kappa shape index (κ2) is 7.13. The Morgan fingerprint density at radius 1 is 1.22 bits per heavy atom. The van der Waals surface area contributed by atoms with E-state index in [9.17, 15) is 14.7 Å². The third-order valence-electron chi connectivity index (χ3n) is 5.28. The number of aliphatic carboxylic acids is 1. The molecule has 0 spiro atoms. The molecule has 1 fully saturated rings. The van der Waals surface area contributed by atoms with Gasteiger partial charge in [-0.15, -0.1) is 0 Å². The molecule has 3 N–H and O–H groups in total. The van der Waals surface area contributed by atoms with Crippen molar-refractivity contribution in [3.63, 3.8) is 0 Å². The van der Waals surface area contributed by atoms with Crippen molar-refractivity contribution in [2.75, 3.05) is 19.6 Å². The molecule has 0 saturated carbocycles. The highest BCUT2D eigenvalue weighted by atomic mass is 16.4. The Bertz CT molecular complexity index is 555. The molecule has 2 atom stereocenters. The van der Waals surface area contributed by atoms with Gasteiger partial charge in [-0.1, -0.05) is 44.2 Å². The second-order valence-corrected chi connectivity index (χ2v) is 6.32. The number of hydrogen-bond acceptors (Lipinski definition) is 3. The van der Waals surface area contributed by atoms with Gasteiger partial charge in [0.15, 0.2) is 0 Å². The molecule has 0 aliphatic carbocycles. The molecule has 1 aliphatic rings. The van der Waals surface area contributed by atoms with E-state index < -0.39 is 11.4 Å². The van der Waals surface area contributed by atoms with Gasteiger partial charge in [0.25, 0.3) is 0 Å². The third-order valence-corrected chi connectivity index (χ3v) is 5.28. The number of carboxylic acid groups (broad SMARTS) is 1. The number of nitrogens with zero attached hydrogens (tertiary/aromatic N) is 1. The number of carboxylic acids is 1. The molecule has 1 aliphatic heterocycles. The average Bonchev–Trinajstić information content (AvgIpc) is 3.01. The molecule has 0 aromatic heterocycles. The summed E-state index contributed by atoms with van der Waals surface area (Å²) in [4.78, 5) is 26.3. The van der Waals surface area contributed by atoms with Crippen molar-refractivity contribution in [3.05, 3.63) is 35.9 Å². The van der Waals surface area contributed by atoms with Crippen molar-refractivity contribution in [2.45, 2.75) is 32.6 Å². The van der Waals surface area contributed by atoms with E-state index in [1.165, 1.54) is 0 Å². The van der Waals surface area contributed by atoms with E-state index in [-0.39, 0.29) is 17.7 Å². The summed E-state index contributed by atoms with van der Waals surface area (Å²) in [7, 11) is 0. The highest BCUT2D eigenvalue weighted by Gasteiger charge is 2.48. The molecular formula is C18H26N2O3. The Hall–Kier alpha value is -1.88. The number of likely N-dealkylation sites (tertiary alicyclic amines) is 1. The predicted octanol–water partition coefficient (Wildman–Crippen LogP) is 2.08. The summed E-state index contributed by atoms with van der Waals surface area (Å²) in [5.41, 5.74) is 5.75. The first kappa shape index (κ1) is 17.5. The van der Waals surface area contributed by atoms with E-state index in [1.807, 2.05) is 30.3 Å². The summed E-state index contributed by atoms with van der Waals surface area (Å²) in [5, 5.41) is 9.59. The fraction of sp³-hybridized carbons (Fsp3) is 0.556. The standard InChI is InChI=1S/C18H26N2O3/c1-3-18(4-2,17(22)23)16(21)20-11-14(10-19)15(12-20)13-8-6-5-7-9-13/h5-9,14-15H,3-4,10-12,19H2,1-2H3,(H,22,23)/t14-,15+/m1/s1. The van der Waals surface area contributed by atoms with Gasteiger partial charge in [-0.2, -0.15) is 0 Å². The Morgan fingerprint density at radius 3 is 2.30 bits per heavy atom. The lowest BCUT2D eigenvalue weighted by molar-refractivity contribution is -0.161. The molecule has 1 amide bonds. The Morgan fingerprint density at radius 2 is 1.83 bits per heavy atom. The molecule has 126 valence electrons. The van der Waals surface area contributed by atoms with Crippen LogP contribution in [0.4, 0.5) is 0 Å². The summed E-state index contributed by atoms with van der Waals surface area (Å²) in [6, 6.07) is 10.0. The zero-order chi connectivity index (χ0) is 17.0. The molecule has 5 nitrogen and oxygen atoms in total. The van der Waals surface area contributed by atoms with Crippen LogP contribution in [0.5, 0.6) is 0 Å². The van der Waals surface area contributed by atoms with E-state index in [0.717, 1.165) is 5.56 Å². The number of carbonyl (C=O) groups is 2. The molecule has 0 bridgehead atoms. The van der Waals surface area contributed by atoms with Crippen LogP contribution in [0.25, 0.3) is 0 Å². The van der Waals surface area contributed by atoms with Gasteiger partial charge in [0.05, 0.1) is 0 Å². The van der Waals surface area contributed by atoms with E-state index in [4.69, 9.17) is 5.73 Å². The maximum atomic E-state index is 12.9. The molecular weight excluding hydrogens is 292 g/mol. The summed E-state index contributed by atoms with van der Waals surface area (Å²) in [6.07, 6.45) is 0.606. The minimum atomic E-state index is -1.31. The SMILES string of the molecule is CCC(CC)(C(=O)O)C(=O)N1C[C@@H](CN)[C@H](c2ccccc2)C1. The van der Waals surface area contributed by atoms with E-state index >= 15 is 0 Å². The van der Waals surface area contributed by atoms with Crippen LogP contribution < -0.4 is 5.73 Å². The van der Waals surface area contributed by atoms with Gasteiger partial charge in [0.2, 0.25) is 5.91 Å². The van der Waals surface area contributed by atoms with Crippen molar-refractivity contribution in [1.29, 1.82) is 0 Å². The van der Waals surface area contributed by atoms with Gasteiger partial charge >= 0.3 is 5.97 Å². The van der Waals surface area contributed by atoms with E-state index in [2.05, 4.69) is 0 Å². The van der Waals surface area contributed by atoms with Crippen LogP contribution in [-0.2, 0) is 9.59 Å². The van der Waals surface area contributed by atoms with Gasteiger partial charge in [-0.3, -0.25) is 9.59 Å². The molecule has 1 saturated heterocycles. The molecule has 23 heavy (non-hydrogen) atoms. The highest BCUT2D eigenvalue weighted by molar-refractivity contribution is 6.02. The number of hydrogen-bond donors (Lipinski definition) is 2. The van der Waals surface area contributed by atoms with Crippen molar-refractivity contribution < 1.29 is 14.7 Å². The van der Waals surface area contributed by atoms with Crippen LogP contribution in [0.2, 0.25) is 0 Å². The van der Waals surface area contributed by atoms with Crippen LogP contribution in [0.3, 0.4) is 0 Å². The maximum Gasteiger partial charge on any atom is 0.319 e. The third kappa shape index (κ3) is 3.11. The van der Waals surface area contributed by atoms with Gasteiger partial charge in [-0.05, 0) is 30.9 Å². The van der Waals surface area contributed by atoms with E-state index in [0.29, 0.717) is 32.5 Å². The molecule has 1 aromatic carbocycles. The lowest BCUT2D eigenvalue weighted by Gasteiger charge is -2.30. The van der Waals surface area contributed by atoms with Crippen molar-refractivity contribution in [1.82, 2.24) is 4.90 Å². The van der Waals surface area contributed by atoms with Gasteiger partial charge < -0.3 is 15.7 Å². The lowest BCUT2D eigenvalue weighted by atomic mass is 9.81. The maximum absolute atomic E-state index is 12.9. The number of rotatable bonds is 6. The Balaban J connectivity index is 2.25. The lowest BCUT2D eigenvalue weighted by Crippen LogP contribution is -2.47. The zero-order valence-electron chi connectivity index (χ0n) is 13.9. The summed E-state index contributed by atoms with van der Waals surface area (Å²) < 4.78 is 0.